The Balaban J connectivity index is 1.88. The van der Waals surface area contributed by atoms with E-state index in [1.165, 1.54) is 11.3 Å². The lowest BCUT2D eigenvalue weighted by atomic mass is 9.95. The molecule has 1 saturated carbocycles. The highest BCUT2D eigenvalue weighted by molar-refractivity contribution is 7.92. The smallest absolute Gasteiger partial charge is 0.244 e. The highest BCUT2D eigenvalue weighted by atomic mass is 35.5. The highest BCUT2D eigenvalue weighted by Gasteiger charge is 2.32. The number of hydrogen-bond donors (Lipinski definition) is 1. The molecule has 7 nitrogen and oxygen atoms in total. The fourth-order valence-electron chi connectivity index (χ4n) is 4.46. The van der Waals surface area contributed by atoms with Gasteiger partial charge in [-0.05, 0) is 49.1 Å². The van der Waals surface area contributed by atoms with Crippen molar-refractivity contribution >= 4 is 39.1 Å². The largest absolute Gasteiger partial charge is 0.352 e. The van der Waals surface area contributed by atoms with Crippen molar-refractivity contribution in [3.05, 3.63) is 65.2 Å². The van der Waals surface area contributed by atoms with Gasteiger partial charge in [-0.3, -0.25) is 13.9 Å². The molecule has 0 aliphatic heterocycles. The molecule has 0 aromatic heterocycles. The van der Waals surface area contributed by atoms with Gasteiger partial charge in [-0.1, -0.05) is 68.1 Å². The molecule has 1 N–H and O–H groups in total. The van der Waals surface area contributed by atoms with Crippen molar-refractivity contribution in [1.29, 1.82) is 0 Å². The fourth-order valence-corrected chi connectivity index (χ4v) is 5.43. The molecule has 0 bridgehead atoms. The van der Waals surface area contributed by atoms with Gasteiger partial charge in [0.1, 0.15) is 12.6 Å². The van der Waals surface area contributed by atoms with Crippen LogP contribution in [0.5, 0.6) is 0 Å². The Morgan fingerprint density at radius 2 is 1.66 bits per heavy atom. The summed E-state index contributed by atoms with van der Waals surface area (Å²) in [6.07, 6.45) is 6.68. The van der Waals surface area contributed by atoms with E-state index >= 15 is 0 Å². The van der Waals surface area contributed by atoms with E-state index in [4.69, 9.17) is 11.6 Å². The second-order valence-electron chi connectivity index (χ2n) is 9.02. The first-order valence-corrected chi connectivity index (χ1v) is 14.3. The number of nitrogens with zero attached hydrogens (tertiary/aromatic N) is 2. The lowest BCUT2D eigenvalue weighted by Crippen LogP contribution is -2.53. The Hall–Kier alpha value is -2.58. The van der Waals surface area contributed by atoms with Crippen LogP contribution in [-0.4, -0.2) is 50.0 Å². The first-order chi connectivity index (χ1) is 16.7. The van der Waals surface area contributed by atoms with E-state index in [2.05, 4.69) is 5.32 Å². The molecule has 1 fully saturated rings. The maximum absolute atomic E-state index is 13.7. The summed E-state index contributed by atoms with van der Waals surface area (Å²) in [5.41, 5.74) is 1.20. The predicted molar refractivity (Wildman–Crippen MR) is 140 cm³/mol. The number of hydrogen-bond acceptors (Lipinski definition) is 4. The van der Waals surface area contributed by atoms with Crippen LogP contribution in [0.2, 0.25) is 5.02 Å². The number of sulfonamides is 1. The summed E-state index contributed by atoms with van der Waals surface area (Å²) in [7, 11) is -3.73. The van der Waals surface area contributed by atoms with E-state index in [9.17, 15) is 18.0 Å². The molecular weight excluding hydrogens is 486 g/mol. The third-order valence-corrected chi connectivity index (χ3v) is 7.72. The minimum Gasteiger partial charge on any atom is -0.352 e. The van der Waals surface area contributed by atoms with Crippen molar-refractivity contribution in [3.63, 3.8) is 0 Å². The van der Waals surface area contributed by atoms with E-state index in [0.717, 1.165) is 41.8 Å². The predicted octanol–water partition coefficient (Wildman–Crippen LogP) is 4.36. The Morgan fingerprint density at radius 1 is 1.03 bits per heavy atom. The van der Waals surface area contributed by atoms with Crippen molar-refractivity contribution in [2.45, 2.75) is 64.1 Å². The zero-order valence-corrected chi connectivity index (χ0v) is 21.9. The van der Waals surface area contributed by atoms with Crippen molar-refractivity contribution in [2.24, 2.45) is 0 Å². The number of carbonyl (C=O) groups excluding carboxylic acids is 2. The van der Waals surface area contributed by atoms with E-state index in [-0.39, 0.29) is 18.5 Å². The van der Waals surface area contributed by atoms with Gasteiger partial charge in [0.05, 0.1) is 11.9 Å². The van der Waals surface area contributed by atoms with Gasteiger partial charge in [-0.25, -0.2) is 8.42 Å². The van der Waals surface area contributed by atoms with E-state index in [1.807, 2.05) is 6.92 Å². The van der Waals surface area contributed by atoms with Gasteiger partial charge in [-0.2, -0.15) is 0 Å². The Kier molecular flexibility index (Phi) is 9.57. The number of anilines is 1. The third-order valence-electron chi connectivity index (χ3n) is 6.33. The van der Waals surface area contributed by atoms with Crippen molar-refractivity contribution in [3.8, 4) is 0 Å². The Morgan fingerprint density at radius 3 is 2.23 bits per heavy atom. The molecule has 0 unspecified atom stereocenters. The van der Waals surface area contributed by atoms with Gasteiger partial charge in [0.2, 0.25) is 21.8 Å². The summed E-state index contributed by atoms with van der Waals surface area (Å²) in [5.74, 6) is -0.646. The molecule has 2 aromatic rings. The van der Waals surface area contributed by atoms with Crippen LogP contribution in [0.25, 0.3) is 0 Å². The lowest BCUT2D eigenvalue weighted by molar-refractivity contribution is -0.140. The first-order valence-electron chi connectivity index (χ1n) is 12.1. The Labute approximate surface area is 213 Å². The van der Waals surface area contributed by atoms with Crippen molar-refractivity contribution in [1.82, 2.24) is 10.2 Å². The zero-order valence-electron chi connectivity index (χ0n) is 20.3. The average Bonchev–Trinajstić information content (AvgIpc) is 2.84. The van der Waals surface area contributed by atoms with E-state index in [0.29, 0.717) is 17.1 Å². The molecule has 9 heteroatoms. The van der Waals surface area contributed by atoms with Gasteiger partial charge in [-0.15, -0.1) is 0 Å². The average molecular weight is 520 g/mol. The minimum absolute atomic E-state index is 0.106. The van der Waals surface area contributed by atoms with Gasteiger partial charge < -0.3 is 10.2 Å². The molecule has 2 aromatic carbocycles. The third kappa shape index (κ3) is 7.70. The monoisotopic (exact) mass is 519 g/mol. The molecule has 1 atom stereocenters. The molecule has 0 saturated heterocycles. The summed E-state index contributed by atoms with van der Waals surface area (Å²) in [6, 6.07) is 15.0. The second kappa shape index (κ2) is 12.4. The van der Waals surface area contributed by atoms with Crippen LogP contribution < -0.4 is 9.62 Å². The summed E-state index contributed by atoms with van der Waals surface area (Å²) < 4.78 is 26.2. The van der Waals surface area contributed by atoms with Crippen molar-refractivity contribution < 1.29 is 18.0 Å². The minimum atomic E-state index is -3.73. The van der Waals surface area contributed by atoms with Crippen LogP contribution in [0.4, 0.5) is 5.69 Å². The summed E-state index contributed by atoms with van der Waals surface area (Å²) in [4.78, 5) is 28.5. The van der Waals surface area contributed by atoms with Gasteiger partial charge in [0, 0.05) is 17.6 Å². The summed E-state index contributed by atoms with van der Waals surface area (Å²) in [5, 5.41) is 3.70. The summed E-state index contributed by atoms with van der Waals surface area (Å²) in [6.45, 7) is 1.63. The number of carbonyl (C=O) groups is 2. The SMILES string of the molecule is CC[C@H](C(=O)NC1CCCCC1)N(Cc1ccc(Cl)cc1)C(=O)CN(c1ccccc1)S(C)(=O)=O. The first kappa shape index (κ1) is 27.0. The molecule has 3 rings (SSSR count). The molecule has 0 radical (unpaired) electrons. The van der Waals surface area contributed by atoms with E-state index in [1.54, 1.807) is 54.6 Å². The molecule has 190 valence electrons. The number of para-hydroxylation sites is 1. The maximum Gasteiger partial charge on any atom is 0.244 e. The second-order valence-corrected chi connectivity index (χ2v) is 11.4. The van der Waals surface area contributed by atoms with E-state index < -0.39 is 28.5 Å². The number of nitrogens with one attached hydrogen (secondary N) is 1. The number of benzene rings is 2. The van der Waals surface area contributed by atoms with Crippen LogP contribution in [0, 0.1) is 0 Å². The topological polar surface area (TPSA) is 86.8 Å². The van der Waals surface area contributed by atoms with Crippen LogP contribution in [0.3, 0.4) is 0 Å². The molecule has 1 aliphatic rings. The standard InChI is InChI=1S/C26H34ClN3O4S/c1-3-24(26(32)28-22-10-6-4-7-11-22)29(18-20-14-16-21(27)17-15-20)25(31)19-30(35(2,33)34)23-12-8-5-9-13-23/h5,8-9,12-17,22,24H,3-4,6-7,10-11,18-19H2,1-2H3,(H,28,32)/t24-/m1/s1. The number of halogens is 1. The lowest BCUT2D eigenvalue weighted by Gasteiger charge is -2.34. The molecular formula is C26H34ClN3O4S. The quantitative estimate of drug-likeness (QED) is 0.505. The maximum atomic E-state index is 13.7. The van der Waals surface area contributed by atoms with Crippen LogP contribution >= 0.6 is 11.6 Å². The van der Waals surface area contributed by atoms with Gasteiger partial charge >= 0.3 is 0 Å². The molecule has 0 heterocycles. The number of amides is 2. The van der Waals surface area contributed by atoms with Gasteiger partial charge in [0.25, 0.3) is 0 Å². The van der Waals surface area contributed by atoms with Gasteiger partial charge in [0.15, 0.2) is 0 Å². The van der Waals surface area contributed by atoms with Crippen LogP contribution in [0.15, 0.2) is 54.6 Å². The Bertz CT molecular complexity index is 1090. The van der Waals surface area contributed by atoms with Crippen LogP contribution in [-0.2, 0) is 26.2 Å². The van der Waals surface area contributed by atoms with Crippen molar-refractivity contribution in [2.75, 3.05) is 17.1 Å². The van der Waals surface area contributed by atoms with Crippen LogP contribution in [0.1, 0.15) is 51.0 Å². The fraction of sp³-hybridized carbons (Fsp3) is 0.462. The normalized spacial score (nSPS) is 15.3. The molecule has 2 amide bonds. The molecule has 1 aliphatic carbocycles. The summed E-state index contributed by atoms with van der Waals surface area (Å²) >= 11 is 6.03. The zero-order chi connectivity index (χ0) is 25.4. The molecule has 0 spiro atoms. The number of rotatable bonds is 10. The molecule has 35 heavy (non-hydrogen) atoms. The highest BCUT2D eigenvalue weighted by Crippen LogP contribution is 2.21.